The van der Waals surface area contributed by atoms with Gasteiger partial charge in [-0.15, -0.1) is 0 Å². The lowest BCUT2D eigenvalue weighted by molar-refractivity contribution is 0.174. The van der Waals surface area contributed by atoms with Gasteiger partial charge in [0, 0.05) is 42.5 Å². The molecule has 0 unspecified atom stereocenters. The van der Waals surface area contributed by atoms with Gasteiger partial charge in [-0.3, -0.25) is 15.0 Å². The summed E-state index contributed by atoms with van der Waals surface area (Å²) in [7, 11) is 0. The summed E-state index contributed by atoms with van der Waals surface area (Å²) in [5.74, 6) is 1.54. The molecule has 8 nitrogen and oxygen atoms in total. The van der Waals surface area contributed by atoms with Crippen LogP contribution < -0.4 is 9.47 Å². The summed E-state index contributed by atoms with van der Waals surface area (Å²) in [6.45, 7) is 1.90. The molecule has 5 heterocycles. The number of rotatable bonds is 4. The van der Waals surface area contributed by atoms with E-state index in [0.717, 1.165) is 59.2 Å². The largest absolute Gasteiger partial charge is 0.454 e. The average Bonchev–Trinajstić information content (AvgIpc) is 3.54. The van der Waals surface area contributed by atoms with Crippen molar-refractivity contribution in [2.24, 2.45) is 0 Å². The number of imidazole rings is 1. The molecule has 0 saturated carbocycles. The van der Waals surface area contributed by atoms with Gasteiger partial charge in [0.25, 0.3) is 0 Å². The molecule has 30 heavy (non-hydrogen) atoms. The molecule has 0 radical (unpaired) electrons. The number of nitrogens with one attached hydrogen (secondary N) is 2. The molecular formula is C22H20N6O2. The highest BCUT2D eigenvalue weighted by Crippen LogP contribution is 2.38. The van der Waals surface area contributed by atoms with Gasteiger partial charge in [0.15, 0.2) is 11.5 Å². The predicted octanol–water partition coefficient (Wildman–Crippen LogP) is 3.07. The van der Waals surface area contributed by atoms with Gasteiger partial charge in [-0.2, -0.15) is 5.10 Å². The number of aromatic amines is 2. The Morgan fingerprint density at radius 3 is 3.00 bits per heavy atom. The fourth-order valence-electron chi connectivity index (χ4n) is 4.31. The molecule has 3 aromatic heterocycles. The van der Waals surface area contributed by atoms with Crippen molar-refractivity contribution in [3.05, 3.63) is 77.8 Å². The van der Waals surface area contributed by atoms with Crippen molar-refractivity contribution in [3.8, 4) is 22.8 Å². The molecule has 0 fully saturated rings. The van der Waals surface area contributed by atoms with Crippen LogP contribution in [0.5, 0.6) is 11.5 Å². The standard InChI is InChI=1S/C22H20N6O2/c1-2-7-23-17(3-1)22-21-16(24-12-25-21)6-8-28(22)11-15-10-26-27-20(15)14-4-5-18-19(9-14)30-13-29-18/h1-5,7,9-10,12,22H,6,8,11,13H2,(H,24,25)(H,26,27)/t22-/m1/s1. The van der Waals surface area contributed by atoms with Crippen LogP contribution in [0, 0.1) is 0 Å². The van der Waals surface area contributed by atoms with Crippen molar-refractivity contribution in [2.45, 2.75) is 19.0 Å². The molecule has 0 saturated heterocycles. The first-order valence-corrected chi connectivity index (χ1v) is 9.96. The molecule has 2 aliphatic rings. The Kier molecular flexibility index (Phi) is 4.02. The van der Waals surface area contributed by atoms with Crippen molar-refractivity contribution in [3.63, 3.8) is 0 Å². The van der Waals surface area contributed by atoms with E-state index in [0.29, 0.717) is 0 Å². The fraction of sp³-hybridized carbons (Fsp3) is 0.227. The van der Waals surface area contributed by atoms with E-state index in [4.69, 9.17) is 9.47 Å². The van der Waals surface area contributed by atoms with E-state index in [1.165, 1.54) is 5.69 Å². The number of H-pyrrole nitrogens is 2. The summed E-state index contributed by atoms with van der Waals surface area (Å²) in [6.07, 6.45) is 6.44. The van der Waals surface area contributed by atoms with Gasteiger partial charge in [0.1, 0.15) is 0 Å². The maximum absolute atomic E-state index is 5.55. The maximum Gasteiger partial charge on any atom is 0.231 e. The molecule has 2 aliphatic heterocycles. The van der Waals surface area contributed by atoms with Crippen LogP contribution in [0.4, 0.5) is 0 Å². The van der Waals surface area contributed by atoms with Crippen LogP contribution in [0.2, 0.25) is 0 Å². The van der Waals surface area contributed by atoms with E-state index in [1.54, 1.807) is 6.33 Å². The minimum Gasteiger partial charge on any atom is -0.454 e. The number of aromatic nitrogens is 5. The van der Waals surface area contributed by atoms with Gasteiger partial charge in [0.2, 0.25) is 6.79 Å². The highest BCUT2D eigenvalue weighted by Gasteiger charge is 2.32. The molecule has 2 N–H and O–H groups in total. The Balaban J connectivity index is 1.35. The van der Waals surface area contributed by atoms with Crippen molar-refractivity contribution in [1.82, 2.24) is 30.0 Å². The number of hydrogen-bond acceptors (Lipinski definition) is 6. The number of ether oxygens (including phenoxy) is 2. The Labute approximate surface area is 172 Å². The SMILES string of the molecule is c1ccc([C@@H]2c3nc[nH]c3CCN2Cc2cn[nH]c2-c2ccc3c(c2)OCO3)nc1. The second-order valence-electron chi connectivity index (χ2n) is 7.48. The number of fused-ring (bicyclic) bond motifs is 2. The predicted molar refractivity (Wildman–Crippen MR) is 109 cm³/mol. The molecule has 0 amide bonds. The lowest BCUT2D eigenvalue weighted by atomic mass is 9.98. The number of nitrogens with zero attached hydrogens (tertiary/aromatic N) is 4. The third kappa shape index (κ3) is 2.84. The highest BCUT2D eigenvalue weighted by atomic mass is 16.7. The normalized spacial score (nSPS) is 17.8. The van der Waals surface area contributed by atoms with E-state index < -0.39 is 0 Å². The second-order valence-corrected chi connectivity index (χ2v) is 7.48. The maximum atomic E-state index is 5.55. The third-order valence-corrected chi connectivity index (χ3v) is 5.75. The minimum atomic E-state index is 0.000652. The average molecular weight is 400 g/mol. The van der Waals surface area contributed by atoms with E-state index in [2.05, 4.69) is 36.1 Å². The molecule has 150 valence electrons. The quantitative estimate of drug-likeness (QED) is 0.547. The van der Waals surface area contributed by atoms with Crippen molar-refractivity contribution in [2.75, 3.05) is 13.3 Å². The first kappa shape index (κ1) is 17.2. The van der Waals surface area contributed by atoms with Crippen molar-refractivity contribution < 1.29 is 9.47 Å². The van der Waals surface area contributed by atoms with Crippen LogP contribution in [0.25, 0.3) is 11.3 Å². The Morgan fingerprint density at radius 1 is 1.10 bits per heavy atom. The first-order valence-electron chi connectivity index (χ1n) is 9.96. The van der Waals surface area contributed by atoms with Gasteiger partial charge in [-0.25, -0.2) is 4.98 Å². The topological polar surface area (TPSA) is 92.0 Å². The lowest BCUT2D eigenvalue weighted by Gasteiger charge is -2.34. The van der Waals surface area contributed by atoms with Gasteiger partial charge < -0.3 is 14.5 Å². The molecule has 4 aromatic rings. The summed E-state index contributed by atoms with van der Waals surface area (Å²) in [5.41, 5.74) is 6.37. The van der Waals surface area contributed by atoms with Crippen molar-refractivity contribution >= 4 is 0 Å². The number of hydrogen-bond donors (Lipinski definition) is 2. The fourth-order valence-corrected chi connectivity index (χ4v) is 4.31. The number of pyridine rings is 1. The van der Waals surface area contributed by atoms with Gasteiger partial charge in [-0.05, 0) is 30.3 Å². The van der Waals surface area contributed by atoms with Crippen LogP contribution in [0.15, 0.2) is 55.1 Å². The molecule has 1 aromatic carbocycles. The summed E-state index contributed by atoms with van der Waals surface area (Å²) in [6, 6.07) is 12.0. The van der Waals surface area contributed by atoms with Crippen LogP contribution in [-0.2, 0) is 13.0 Å². The summed E-state index contributed by atoms with van der Waals surface area (Å²) in [4.78, 5) is 15.0. The number of benzene rings is 1. The second kappa shape index (κ2) is 7.00. The zero-order chi connectivity index (χ0) is 19.9. The molecule has 0 bridgehead atoms. The van der Waals surface area contributed by atoms with Crippen molar-refractivity contribution in [1.29, 1.82) is 0 Å². The minimum absolute atomic E-state index is 0.000652. The molecule has 1 atom stereocenters. The highest BCUT2D eigenvalue weighted by molar-refractivity contribution is 5.67. The Bertz CT molecular complexity index is 1190. The van der Waals surface area contributed by atoms with Crippen LogP contribution in [0.3, 0.4) is 0 Å². The lowest BCUT2D eigenvalue weighted by Crippen LogP contribution is -2.36. The van der Waals surface area contributed by atoms with Crippen LogP contribution in [0.1, 0.15) is 28.7 Å². The van der Waals surface area contributed by atoms with E-state index >= 15 is 0 Å². The Hall–Kier alpha value is -3.65. The smallest absolute Gasteiger partial charge is 0.231 e. The van der Waals surface area contributed by atoms with Gasteiger partial charge in [-0.1, -0.05) is 6.07 Å². The van der Waals surface area contributed by atoms with E-state index in [1.807, 2.05) is 42.7 Å². The zero-order valence-corrected chi connectivity index (χ0v) is 16.2. The van der Waals surface area contributed by atoms with Crippen LogP contribution >= 0.6 is 0 Å². The third-order valence-electron chi connectivity index (χ3n) is 5.75. The molecular weight excluding hydrogens is 380 g/mol. The summed E-state index contributed by atoms with van der Waals surface area (Å²) < 4.78 is 11.0. The Morgan fingerprint density at radius 2 is 2.07 bits per heavy atom. The molecule has 0 spiro atoms. The first-order chi connectivity index (χ1) is 14.9. The summed E-state index contributed by atoms with van der Waals surface area (Å²) in [5, 5.41) is 7.49. The molecule has 0 aliphatic carbocycles. The zero-order valence-electron chi connectivity index (χ0n) is 16.2. The molecule has 8 heteroatoms. The van der Waals surface area contributed by atoms with E-state index in [9.17, 15) is 0 Å². The van der Waals surface area contributed by atoms with Crippen LogP contribution in [-0.4, -0.2) is 43.4 Å². The van der Waals surface area contributed by atoms with E-state index in [-0.39, 0.29) is 12.8 Å². The van der Waals surface area contributed by atoms with Gasteiger partial charge in [0.05, 0.1) is 35.6 Å². The molecule has 6 rings (SSSR count). The van der Waals surface area contributed by atoms with Gasteiger partial charge >= 0.3 is 0 Å². The summed E-state index contributed by atoms with van der Waals surface area (Å²) >= 11 is 0. The monoisotopic (exact) mass is 400 g/mol.